The summed E-state index contributed by atoms with van der Waals surface area (Å²) in [7, 11) is 4.26. The van der Waals surface area contributed by atoms with Gasteiger partial charge in [-0.3, -0.25) is 9.58 Å². The molecular formula is C16H19N3. The van der Waals surface area contributed by atoms with Gasteiger partial charge in [-0.1, -0.05) is 12.1 Å². The molecule has 2 aliphatic rings. The number of rotatable bonds is 1. The number of fused-ring (bicyclic) bond motifs is 3. The van der Waals surface area contributed by atoms with Crippen LogP contribution in [0.1, 0.15) is 24.8 Å². The average Bonchev–Trinajstić information content (AvgIpc) is 2.86. The Morgan fingerprint density at radius 2 is 2.11 bits per heavy atom. The molecule has 3 heteroatoms. The summed E-state index contributed by atoms with van der Waals surface area (Å²) in [6, 6.07) is 8.13. The Morgan fingerprint density at radius 1 is 1.21 bits per heavy atom. The smallest absolute Gasteiger partial charge is 0.0679 e. The molecule has 2 aromatic rings. The van der Waals surface area contributed by atoms with Gasteiger partial charge in [0.05, 0.1) is 11.7 Å². The Balaban J connectivity index is 1.77. The van der Waals surface area contributed by atoms with Crippen LogP contribution < -0.4 is 0 Å². The van der Waals surface area contributed by atoms with E-state index in [0.29, 0.717) is 6.04 Å². The lowest BCUT2D eigenvalue weighted by Gasteiger charge is -2.30. The highest BCUT2D eigenvalue weighted by molar-refractivity contribution is 5.83. The van der Waals surface area contributed by atoms with Crippen molar-refractivity contribution in [3.8, 4) is 0 Å². The third-order valence-corrected chi connectivity index (χ3v) is 4.86. The van der Waals surface area contributed by atoms with Crippen LogP contribution in [0.15, 0.2) is 30.5 Å². The number of nitrogens with zero attached hydrogens (tertiary/aromatic N) is 3. The van der Waals surface area contributed by atoms with Gasteiger partial charge < -0.3 is 0 Å². The van der Waals surface area contributed by atoms with E-state index < -0.39 is 0 Å². The fraction of sp³-hybridized carbons (Fsp3) is 0.438. The molecule has 3 heterocycles. The van der Waals surface area contributed by atoms with Crippen LogP contribution in [0.5, 0.6) is 0 Å². The number of likely N-dealkylation sites (N-methyl/N-ethyl adjacent to an activating group) is 1. The van der Waals surface area contributed by atoms with Gasteiger partial charge in [0.1, 0.15) is 0 Å². The summed E-state index contributed by atoms with van der Waals surface area (Å²) in [6.07, 6.45) is 8.29. The van der Waals surface area contributed by atoms with Gasteiger partial charge in [-0.15, -0.1) is 0 Å². The molecule has 19 heavy (non-hydrogen) atoms. The maximum absolute atomic E-state index is 4.33. The van der Waals surface area contributed by atoms with Crippen LogP contribution in [0.25, 0.3) is 16.5 Å². The lowest BCUT2D eigenvalue weighted by Crippen LogP contribution is -2.34. The van der Waals surface area contributed by atoms with E-state index in [0.717, 1.165) is 6.04 Å². The van der Waals surface area contributed by atoms with Gasteiger partial charge in [-0.05, 0) is 49.6 Å². The molecule has 2 atom stereocenters. The van der Waals surface area contributed by atoms with Crippen molar-refractivity contribution < 1.29 is 0 Å². The summed E-state index contributed by atoms with van der Waals surface area (Å²) in [5.74, 6) is 0. The third-order valence-electron chi connectivity index (χ3n) is 4.86. The van der Waals surface area contributed by atoms with Crippen molar-refractivity contribution in [3.63, 3.8) is 0 Å². The zero-order chi connectivity index (χ0) is 13.0. The van der Waals surface area contributed by atoms with Gasteiger partial charge in [-0.2, -0.15) is 5.10 Å². The van der Waals surface area contributed by atoms with Crippen molar-refractivity contribution in [1.82, 2.24) is 14.7 Å². The van der Waals surface area contributed by atoms with Crippen LogP contribution in [0.3, 0.4) is 0 Å². The molecule has 1 aromatic carbocycles. The van der Waals surface area contributed by atoms with Crippen LogP contribution in [-0.4, -0.2) is 33.8 Å². The molecule has 1 fully saturated rings. The number of hydrogen-bond donors (Lipinski definition) is 0. The first-order valence-corrected chi connectivity index (χ1v) is 7.07. The molecule has 1 saturated heterocycles. The number of benzene rings is 1. The van der Waals surface area contributed by atoms with Gasteiger partial charge in [0, 0.05) is 24.5 Å². The molecular weight excluding hydrogens is 234 g/mol. The molecule has 3 nitrogen and oxygen atoms in total. The van der Waals surface area contributed by atoms with Crippen molar-refractivity contribution in [1.29, 1.82) is 0 Å². The van der Waals surface area contributed by atoms with E-state index in [1.807, 2.05) is 17.9 Å². The first-order valence-electron chi connectivity index (χ1n) is 7.07. The Labute approximate surface area is 113 Å². The van der Waals surface area contributed by atoms with E-state index in [9.17, 15) is 0 Å². The first kappa shape index (κ1) is 11.2. The quantitative estimate of drug-likeness (QED) is 0.779. The summed E-state index contributed by atoms with van der Waals surface area (Å²) in [6.45, 7) is 0. The minimum Gasteiger partial charge on any atom is -0.297 e. The normalized spacial score (nSPS) is 26.9. The van der Waals surface area contributed by atoms with Crippen molar-refractivity contribution in [2.75, 3.05) is 7.05 Å². The predicted octanol–water partition coefficient (Wildman–Crippen LogP) is 2.82. The lowest BCUT2D eigenvalue weighted by molar-refractivity contribution is 0.264. The third kappa shape index (κ3) is 1.65. The predicted molar refractivity (Wildman–Crippen MR) is 77.9 cm³/mol. The van der Waals surface area contributed by atoms with Crippen LogP contribution in [0.4, 0.5) is 0 Å². The van der Waals surface area contributed by atoms with Crippen molar-refractivity contribution in [2.24, 2.45) is 7.05 Å². The van der Waals surface area contributed by atoms with Gasteiger partial charge in [0.2, 0.25) is 0 Å². The van der Waals surface area contributed by atoms with Crippen molar-refractivity contribution in [2.45, 2.75) is 31.3 Å². The Hall–Kier alpha value is -1.61. The highest BCUT2D eigenvalue weighted by Crippen LogP contribution is 2.37. The molecule has 0 saturated carbocycles. The van der Waals surface area contributed by atoms with Crippen LogP contribution in [0.2, 0.25) is 0 Å². The second-order valence-corrected chi connectivity index (χ2v) is 5.90. The zero-order valence-corrected chi connectivity index (χ0v) is 11.5. The van der Waals surface area contributed by atoms with Gasteiger partial charge in [-0.25, -0.2) is 0 Å². The summed E-state index contributed by atoms with van der Waals surface area (Å²) in [4.78, 5) is 2.53. The topological polar surface area (TPSA) is 21.1 Å². The maximum Gasteiger partial charge on any atom is 0.0679 e. The molecule has 0 aliphatic carbocycles. The molecule has 1 aromatic heterocycles. The van der Waals surface area contributed by atoms with Crippen LogP contribution in [0, 0.1) is 0 Å². The molecule has 0 spiro atoms. The van der Waals surface area contributed by atoms with Gasteiger partial charge in [0.15, 0.2) is 0 Å². The van der Waals surface area contributed by atoms with Gasteiger partial charge >= 0.3 is 0 Å². The fourth-order valence-corrected chi connectivity index (χ4v) is 3.62. The largest absolute Gasteiger partial charge is 0.297 e. The minimum absolute atomic E-state index is 0.651. The fourth-order valence-electron chi connectivity index (χ4n) is 3.62. The second-order valence-electron chi connectivity index (χ2n) is 5.90. The monoisotopic (exact) mass is 253 g/mol. The molecule has 4 rings (SSSR count). The second kappa shape index (κ2) is 3.94. The van der Waals surface area contributed by atoms with E-state index in [2.05, 4.69) is 41.3 Å². The molecule has 2 aliphatic heterocycles. The van der Waals surface area contributed by atoms with Crippen molar-refractivity contribution in [3.05, 3.63) is 36.0 Å². The summed E-state index contributed by atoms with van der Waals surface area (Å²) in [5, 5.41) is 5.57. The molecule has 0 radical (unpaired) electrons. The number of aryl methyl sites for hydroxylation is 1. The van der Waals surface area contributed by atoms with E-state index in [1.54, 1.807) is 0 Å². The SMILES string of the molecule is CN1C2C=C(c3ccc4c(cnn4C)c3)CC1CC2. The summed E-state index contributed by atoms with van der Waals surface area (Å²) in [5.41, 5.74) is 4.11. The number of aromatic nitrogens is 2. The van der Waals surface area contributed by atoms with Crippen molar-refractivity contribution >= 4 is 16.5 Å². The molecule has 98 valence electrons. The highest BCUT2D eigenvalue weighted by Gasteiger charge is 2.33. The maximum atomic E-state index is 4.33. The molecule has 0 N–H and O–H groups in total. The Bertz CT molecular complexity index is 668. The lowest BCUT2D eigenvalue weighted by atomic mass is 9.94. The molecule has 0 amide bonds. The standard InChI is InChI=1S/C16H19N3/c1-18-14-4-5-15(18)9-12(8-14)11-3-6-16-13(7-11)10-17-19(16)2/h3,6-8,10,14-15H,4-5,9H2,1-2H3. The Kier molecular flexibility index (Phi) is 2.33. The molecule has 2 bridgehead atoms. The van der Waals surface area contributed by atoms with Crippen LogP contribution >= 0.6 is 0 Å². The van der Waals surface area contributed by atoms with Gasteiger partial charge in [0.25, 0.3) is 0 Å². The van der Waals surface area contributed by atoms with Crippen LogP contribution in [-0.2, 0) is 7.05 Å². The average molecular weight is 253 g/mol. The minimum atomic E-state index is 0.651. The Morgan fingerprint density at radius 3 is 2.95 bits per heavy atom. The highest BCUT2D eigenvalue weighted by atomic mass is 15.2. The number of hydrogen-bond acceptors (Lipinski definition) is 2. The molecule has 2 unspecified atom stereocenters. The summed E-state index contributed by atoms with van der Waals surface area (Å²) >= 11 is 0. The van der Waals surface area contributed by atoms with E-state index >= 15 is 0 Å². The zero-order valence-electron chi connectivity index (χ0n) is 11.5. The summed E-state index contributed by atoms with van der Waals surface area (Å²) < 4.78 is 1.94. The van der Waals surface area contributed by atoms with E-state index in [1.165, 1.54) is 41.3 Å². The van der Waals surface area contributed by atoms with E-state index in [4.69, 9.17) is 0 Å². The van der Waals surface area contributed by atoms with E-state index in [-0.39, 0.29) is 0 Å². The first-order chi connectivity index (χ1) is 9.22.